The summed E-state index contributed by atoms with van der Waals surface area (Å²) in [7, 11) is 1.77. The number of aliphatic carboxylic acids is 1. The normalized spacial score (nSPS) is 23.1. The number of nitrogens with zero attached hydrogens (tertiary/aromatic N) is 4. The van der Waals surface area contributed by atoms with Gasteiger partial charge in [-0.25, -0.2) is 14.8 Å². The Bertz CT molecular complexity index is 573. The summed E-state index contributed by atoms with van der Waals surface area (Å²) in [5, 5.41) is 7.12. The quantitative estimate of drug-likeness (QED) is 0.868. The van der Waals surface area contributed by atoms with Gasteiger partial charge in [-0.15, -0.1) is 0 Å². The Morgan fingerprint density at radius 2 is 1.92 bits per heavy atom. The summed E-state index contributed by atoms with van der Waals surface area (Å²) < 4.78 is 36.9. The molecular weight excluding hydrogens is 341 g/mol. The van der Waals surface area contributed by atoms with Gasteiger partial charge in [0.2, 0.25) is 5.95 Å². The molecule has 0 amide bonds. The average Bonchev–Trinajstić information content (AvgIpc) is 3.03. The smallest absolute Gasteiger partial charge is 0.475 e. The lowest BCUT2D eigenvalue weighted by Crippen LogP contribution is -2.62. The van der Waals surface area contributed by atoms with Crippen molar-refractivity contribution in [2.45, 2.75) is 24.6 Å². The number of carboxylic acids is 1. The fourth-order valence-corrected chi connectivity index (χ4v) is 3.08. The summed E-state index contributed by atoms with van der Waals surface area (Å²) in [5.41, 5.74) is 0.359. The van der Waals surface area contributed by atoms with Gasteiger partial charge in [0.25, 0.3) is 0 Å². The second-order valence-corrected chi connectivity index (χ2v) is 5.98. The lowest BCUT2D eigenvalue weighted by molar-refractivity contribution is -0.192. The monoisotopic (exact) mass is 362 g/mol. The summed E-state index contributed by atoms with van der Waals surface area (Å²) in [6, 6.07) is 1.86. The minimum Gasteiger partial charge on any atom is -0.475 e. The fourth-order valence-electron chi connectivity index (χ4n) is 3.08. The van der Waals surface area contributed by atoms with Crippen LogP contribution in [0.4, 0.5) is 19.1 Å². The first-order valence-corrected chi connectivity index (χ1v) is 7.84. The van der Waals surface area contributed by atoms with Crippen LogP contribution in [0.25, 0.3) is 0 Å². The zero-order valence-corrected chi connectivity index (χ0v) is 13.9. The van der Waals surface area contributed by atoms with E-state index >= 15 is 0 Å². The number of hydrogen-bond donors (Lipinski definition) is 1. The van der Waals surface area contributed by atoms with Gasteiger partial charge in [-0.3, -0.25) is 4.90 Å². The van der Waals surface area contributed by atoms with E-state index in [1.165, 1.54) is 19.4 Å². The number of likely N-dealkylation sites (tertiary alicyclic amines) is 1. The van der Waals surface area contributed by atoms with Crippen molar-refractivity contribution in [2.75, 3.05) is 44.8 Å². The first-order chi connectivity index (χ1) is 11.8. The number of anilines is 1. The highest BCUT2D eigenvalue weighted by Crippen LogP contribution is 2.39. The van der Waals surface area contributed by atoms with Gasteiger partial charge < -0.3 is 14.7 Å². The van der Waals surface area contributed by atoms with Gasteiger partial charge in [-0.2, -0.15) is 13.2 Å². The van der Waals surface area contributed by atoms with Crippen LogP contribution in [-0.2, 0) is 9.53 Å². The van der Waals surface area contributed by atoms with Crippen LogP contribution in [0.15, 0.2) is 18.5 Å². The third-order valence-electron chi connectivity index (χ3n) is 4.49. The van der Waals surface area contributed by atoms with Gasteiger partial charge in [-0.05, 0) is 18.9 Å². The molecule has 0 aliphatic carbocycles. The van der Waals surface area contributed by atoms with Crippen molar-refractivity contribution >= 4 is 11.9 Å². The number of alkyl halides is 3. The largest absolute Gasteiger partial charge is 0.490 e. The minimum atomic E-state index is -5.08. The molecule has 2 aliphatic heterocycles. The molecule has 2 fully saturated rings. The van der Waals surface area contributed by atoms with Gasteiger partial charge >= 0.3 is 12.1 Å². The van der Waals surface area contributed by atoms with E-state index in [1.807, 2.05) is 18.5 Å². The summed E-state index contributed by atoms with van der Waals surface area (Å²) in [6.07, 6.45) is 1.06. The molecule has 2 aliphatic rings. The zero-order valence-electron chi connectivity index (χ0n) is 13.9. The van der Waals surface area contributed by atoms with Crippen molar-refractivity contribution in [2.24, 2.45) is 0 Å². The van der Waals surface area contributed by atoms with E-state index in [0.717, 1.165) is 32.2 Å². The van der Waals surface area contributed by atoms with Crippen molar-refractivity contribution in [3.05, 3.63) is 18.5 Å². The molecule has 1 atom stereocenters. The van der Waals surface area contributed by atoms with Gasteiger partial charge in [0.1, 0.15) is 0 Å². The van der Waals surface area contributed by atoms with Gasteiger partial charge in [-0.1, -0.05) is 0 Å². The Hall–Kier alpha value is -1.94. The highest BCUT2D eigenvalue weighted by atomic mass is 19.4. The minimum absolute atomic E-state index is 0.359. The molecule has 1 aromatic heterocycles. The number of rotatable bonds is 4. The fraction of sp³-hybridized carbons (Fsp3) is 0.667. The molecule has 2 saturated heterocycles. The number of ether oxygens (including phenoxy) is 1. The van der Waals surface area contributed by atoms with E-state index in [9.17, 15) is 13.2 Å². The van der Waals surface area contributed by atoms with Gasteiger partial charge in [0.05, 0.1) is 6.61 Å². The predicted molar refractivity (Wildman–Crippen MR) is 83.3 cm³/mol. The Kier molecular flexibility index (Phi) is 6.17. The number of aromatic nitrogens is 2. The lowest BCUT2D eigenvalue weighted by atomic mass is 9.84. The second-order valence-electron chi connectivity index (χ2n) is 5.98. The van der Waals surface area contributed by atoms with Crippen LogP contribution in [0.1, 0.15) is 12.8 Å². The maximum absolute atomic E-state index is 10.6. The lowest BCUT2D eigenvalue weighted by Gasteiger charge is -2.50. The van der Waals surface area contributed by atoms with Crippen LogP contribution in [0.5, 0.6) is 0 Å². The van der Waals surface area contributed by atoms with Gasteiger partial charge in [0.15, 0.2) is 0 Å². The molecule has 25 heavy (non-hydrogen) atoms. The predicted octanol–water partition coefficient (Wildman–Crippen LogP) is 1.41. The van der Waals surface area contributed by atoms with Crippen molar-refractivity contribution in [1.29, 1.82) is 0 Å². The number of methoxy groups -OCH3 is 1. The van der Waals surface area contributed by atoms with Crippen molar-refractivity contribution in [3.63, 3.8) is 0 Å². The molecule has 0 aromatic carbocycles. The third kappa shape index (κ3) is 4.79. The van der Waals surface area contributed by atoms with Crippen molar-refractivity contribution in [3.8, 4) is 0 Å². The number of carboxylic acid groups (broad SMARTS) is 1. The zero-order chi connectivity index (χ0) is 18.5. The Balaban J connectivity index is 0.000000277. The molecule has 1 aromatic rings. The SMILES string of the molecule is COCCN1CCC12CCN(c1ncccn1)C2.O=C(O)C(F)(F)F. The van der Waals surface area contributed by atoms with E-state index in [-0.39, 0.29) is 0 Å². The topological polar surface area (TPSA) is 78.8 Å². The van der Waals surface area contributed by atoms with Crippen LogP contribution in [0.3, 0.4) is 0 Å². The first kappa shape index (κ1) is 19.4. The Morgan fingerprint density at radius 3 is 2.40 bits per heavy atom. The van der Waals surface area contributed by atoms with Crippen molar-refractivity contribution in [1.82, 2.24) is 14.9 Å². The molecule has 0 saturated carbocycles. The Labute approximate surface area is 143 Å². The molecule has 7 nitrogen and oxygen atoms in total. The maximum atomic E-state index is 10.6. The van der Waals surface area contributed by atoms with E-state index in [4.69, 9.17) is 14.6 Å². The molecule has 3 heterocycles. The summed E-state index contributed by atoms with van der Waals surface area (Å²) in [6.45, 7) is 5.19. The molecule has 0 bridgehead atoms. The molecule has 140 valence electrons. The second kappa shape index (κ2) is 7.96. The average molecular weight is 362 g/mol. The maximum Gasteiger partial charge on any atom is 0.490 e. The van der Waals surface area contributed by atoms with E-state index in [1.54, 1.807) is 7.11 Å². The summed E-state index contributed by atoms with van der Waals surface area (Å²) in [4.78, 5) is 22.4. The molecule has 1 spiro atoms. The highest BCUT2D eigenvalue weighted by Gasteiger charge is 2.49. The van der Waals surface area contributed by atoms with Gasteiger partial charge in [0, 0.05) is 51.2 Å². The highest BCUT2D eigenvalue weighted by molar-refractivity contribution is 5.73. The van der Waals surface area contributed by atoms with Crippen LogP contribution in [-0.4, -0.2) is 77.6 Å². The third-order valence-corrected chi connectivity index (χ3v) is 4.49. The van der Waals surface area contributed by atoms with Crippen LogP contribution >= 0.6 is 0 Å². The molecule has 3 rings (SSSR count). The standard InChI is InChI=1S/C13H20N4O.C2HF3O2/c1-18-10-9-17-8-4-13(17)3-7-16(11-13)12-14-5-2-6-15-12;3-2(4,5)1(6)7/h2,5-6H,3-4,7-11H2,1H3;(H,6,7). The first-order valence-electron chi connectivity index (χ1n) is 7.84. The van der Waals surface area contributed by atoms with E-state index < -0.39 is 12.1 Å². The van der Waals surface area contributed by atoms with E-state index in [2.05, 4.69) is 19.8 Å². The van der Waals surface area contributed by atoms with Crippen LogP contribution < -0.4 is 4.90 Å². The number of halogens is 3. The van der Waals surface area contributed by atoms with Crippen LogP contribution in [0.2, 0.25) is 0 Å². The molecule has 0 radical (unpaired) electrons. The molecule has 10 heteroatoms. The molecular formula is C15H21F3N4O3. The number of hydrogen-bond acceptors (Lipinski definition) is 6. The van der Waals surface area contributed by atoms with E-state index in [0.29, 0.717) is 5.54 Å². The number of carbonyl (C=O) groups is 1. The summed E-state index contributed by atoms with van der Waals surface area (Å²) >= 11 is 0. The van der Waals surface area contributed by atoms with Crippen LogP contribution in [0, 0.1) is 0 Å². The molecule has 1 unspecified atom stereocenters. The van der Waals surface area contributed by atoms with Crippen molar-refractivity contribution < 1.29 is 27.8 Å². The Morgan fingerprint density at radius 1 is 1.32 bits per heavy atom. The molecule has 1 N–H and O–H groups in total. The summed E-state index contributed by atoms with van der Waals surface area (Å²) in [5.74, 6) is -1.89.